The molecule has 0 radical (unpaired) electrons. The third-order valence-corrected chi connectivity index (χ3v) is 8.90. The summed E-state index contributed by atoms with van der Waals surface area (Å²) in [6.45, 7) is -0.523. The molecule has 3 rings (SSSR count). The number of piperazine rings is 1. The SMILES string of the molecule is COc1ccc(S(=O)(=O)[N+]2(OCc3ccccc3C(N)=O)CCN(S(C)(=O)=O)CC2)cc1. The number of quaternary nitrogens is 1. The Labute approximate surface area is 187 Å². The molecule has 0 unspecified atom stereocenters. The van der Waals surface area contributed by atoms with E-state index in [4.69, 9.17) is 15.3 Å². The summed E-state index contributed by atoms with van der Waals surface area (Å²) in [6, 6.07) is 12.4. The molecule has 174 valence electrons. The molecule has 10 nitrogen and oxygen atoms in total. The first-order valence-corrected chi connectivity index (χ1v) is 13.0. The predicted octanol–water partition coefficient (Wildman–Crippen LogP) is 0.707. The second kappa shape index (κ2) is 9.16. The van der Waals surface area contributed by atoms with Gasteiger partial charge in [-0.05, 0) is 35.9 Å². The molecule has 1 heterocycles. The lowest BCUT2D eigenvalue weighted by Gasteiger charge is -2.39. The smallest absolute Gasteiger partial charge is 0.357 e. The van der Waals surface area contributed by atoms with Crippen molar-refractivity contribution in [2.24, 2.45) is 5.73 Å². The molecule has 1 saturated heterocycles. The quantitative estimate of drug-likeness (QED) is 0.546. The number of sulfonamides is 2. The summed E-state index contributed by atoms with van der Waals surface area (Å²) in [4.78, 5) is 17.7. The zero-order valence-corrected chi connectivity index (χ0v) is 19.4. The molecule has 0 aliphatic carbocycles. The number of nitrogens with two attached hydrogens (primary N) is 1. The molecule has 32 heavy (non-hydrogen) atoms. The van der Waals surface area contributed by atoms with Gasteiger partial charge in [0.2, 0.25) is 15.9 Å². The van der Waals surface area contributed by atoms with Gasteiger partial charge in [-0.2, -0.15) is 17.6 Å². The lowest BCUT2D eigenvalue weighted by atomic mass is 10.1. The number of amides is 1. The van der Waals surface area contributed by atoms with Crippen LogP contribution in [0.3, 0.4) is 0 Å². The van der Waals surface area contributed by atoms with Crippen molar-refractivity contribution >= 4 is 26.0 Å². The fourth-order valence-electron chi connectivity index (χ4n) is 3.54. The molecule has 0 atom stereocenters. The Morgan fingerprint density at radius 1 is 1.03 bits per heavy atom. The number of primary amides is 1. The van der Waals surface area contributed by atoms with E-state index < -0.39 is 30.0 Å². The van der Waals surface area contributed by atoms with Gasteiger partial charge in [-0.3, -0.25) is 4.79 Å². The van der Waals surface area contributed by atoms with Gasteiger partial charge in [-0.15, -0.1) is 0 Å². The Hall–Kier alpha value is -2.51. The van der Waals surface area contributed by atoms with Crippen molar-refractivity contribution in [2.45, 2.75) is 11.5 Å². The number of methoxy groups -OCH3 is 1. The lowest BCUT2D eigenvalue weighted by Crippen LogP contribution is -2.62. The van der Waals surface area contributed by atoms with E-state index in [-0.39, 0.29) is 43.2 Å². The van der Waals surface area contributed by atoms with Gasteiger partial charge in [0.1, 0.15) is 30.3 Å². The Kier molecular flexibility index (Phi) is 6.91. The first-order chi connectivity index (χ1) is 15.0. The van der Waals surface area contributed by atoms with E-state index in [1.165, 1.54) is 41.7 Å². The highest BCUT2D eigenvalue weighted by molar-refractivity contribution is 7.88. The van der Waals surface area contributed by atoms with E-state index >= 15 is 0 Å². The molecule has 0 saturated carbocycles. The maximum absolute atomic E-state index is 13.7. The highest BCUT2D eigenvalue weighted by Crippen LogP contribution is 2.30. The Morgan fingerprint density at radius 2 is 1.62 bits per heavy atom. The molecule has 1 amide bonds. The van der Waals surface area contributed by atoms with E-state index in [1.807, 2.05) is 0 Å². The van der Waals surface area contributed by atoms with Crippen LogP contribution in [0.15, 0.2) is 53.4 Å². The molecule has 12 heteroatoms. The van der Waals surface area contributed by atoms with Crippen molar-refractivity contribution in [3.8, 4) is 5.75 Å². The maximum atomic E-state index is 13.7. The average Bonchev–Trinajstić information content (AvgIpc) is 2.77. The zero-order chi connectivity index (χ0) is 23.6. The van der Waals surface area contributed by atoms with Gasteiger partial charge >= 0.3 is 10.0 Å². The highest BCUT2D eigenvalue weighted by Gasteiger charge is 2.49. The van der Waals surface area contributed by atoms with Crippen LogP contribution in [0.5, 0.6) is 5.75 Å². The van der Waals surface area contributed by atoms with Gasteiger partial charge in [-0.25, -0.2) is 8.42 Å². The monoisotopic (exact) mass is 484 g/mol. The Bertz CT molecular complexity index is 1190. The largest absolute Gasteiger partial charge is 0.497 e. The minimum absolute atomic E-state index is 0.00860. The number of carbonyl (C=O) groups is 1. The van der Waals surface area contributed by atoms with Crippen molar-refractivity contribution in [3.05, 3.63) is 59.7 Å². The summed E-state index contributed by atoms with van der Waals surface area (Å²) in [6.07, 6.45) is 1.08. The summed E-state index contributed by atoms with van der Waals surface area (Å²) in [7, 11) is -6.11. The van der Waals surface area contributed by atoms with Crippen molar-refractivity contribution in [1.29, 1.82) is 0 Å². The second-order valence-corrected chi connectivity index (χ2v) is 11.4. The minimum atomic E-state index is -4.10. The van der Waals surface area contributed by atoms with Gasteiger partial charge in [0, 0.05) is 5.56 Å². The van der Waals surface area contributed by atoms with Crippen molar-refractivity contribution in [3.63, 3.8) is 0 Å². The van der Waals surface area contributed by atoms with Crippen molar-refractivity contribution in [1.82, 2.24) is 4.31 Å². The average molecular weight is 485 g/mol. The molecular weight excluding hydrogens is 458 g/mol. The molecule has 1 aliphatic rings. The number of benzene rings is 2. The van der Waals surface area contributed by atoms with E-state index in [2.05, 4.69) is 0 Å². The zero-order valence-electron chi connectivity index (χ0n) is 17.8. The van der Waals surface area contributed by atoms with Gasteiger partial charge in [0.05, 0.1) is 26.5 Å². The summed E-state index contributed by atoms with van der Waals surface area (Å²) < 4.78 is 56.7. The van der Waals surface area contributed by atoms with E-state index in [1.54, 1.807) is 18.2 Å². The van der Waals surface area contributed by atoms with Gasteiger partial charge in [0.25, 0.3) is 0 Å². The van der Waals surface area contributed by atoms with Crippen LogP contribution in [0, 0.1) is 0 Å². The van der Waals surface area contributed by atoms with Crippen molar-refractivity contribution < 1.29 is 35.3 Å². The fraction of sp³-hybridized carbons (Fsp3) is 0.350. The van der Waals surface area contributed by atoms with Crippen LogP contribution in [-0.4, -0.2) is 70.6 Å². The van der Waals surface area contributed by atoms with Crippen LogP contribution >= 0.6 is 0 Å². The van der Waals surface area contributed by atoms with Gasteiger partial charge in [-0.1, -0.05) is 22.3 Å². The number of hydroxylamine groups is 2. The van der Waals surface area contributed by atoms with Crippen LogP contribution in [0.2, 0.25) is 0 Å². The number of hydrogen-bond acceptors (Lipinski definition) is 7. The summed E-state index contributed by atoms with van der Waals surface area (Å²) in [5.74, 6) is -0.163. The number of carbonyl (C=O) groups excluding carboxylic acids is 1. The summed E-state index contributed by atoms with van der Waals surface area (Å²) in [5, 5.41) is 0. The number of rotatable bonds is 8. The molecule has 0 spiro atoms. The number of hydrogen-bond donors (Lipinski definition) is 1. The number of ether oxygens (including phenoxy) is 1. The van der Waals surface area contributed by atoms with E-state index in [0.717, 1.165) is 6.26 Å². The molecule has 2 aromatic carbocycles. The Balaban J connectivity index is 1.98. The van der Waals surface area contributed by atoms with Crippen LogP contribution < -0.4 is 10.5 Å². The van der Waals surface area contributed by atoms with E-state index in [9.17, 15) is 21.6 Å². The second-order valence-electron chi connectivity index (χ2n) is 7.37. The summed E-state index contributed by atoms with van der Waals surface area (Å²) >= 11 is 0. The molecule has 0 bridgehead atoms. The minimum Gasteiger partial charge on any atom is -0.497 e. The molecule has 2 aromatic rings. The highest BCUT2D eigenvalue weighted by atomic mass is 32.2. The summed E-state index contributed by atoms with van der Waals surface area (Å²) in [5.41, 5.74) is 6.09. The topological polar surface area (TPSA) is 133 Å². The maximum Gasteiger partial charge on any atom is 0.357 e. The third-order valence-electron chi connectivity index (χ3n) is 5.38. The first kappa shape index (κ1) is 24.1. The molecule has 2 N–H and O–H groups in total. The molecule has 0 aromatic heterocycles. The fourth-order valence-corrected chi connectivity index (χ4v) is 6.06. The van der Waals surface area contributed by atoms with Crippen LogP contribution in [0.1, 0.15) is 15.9 Å². The standard InChI is InChI=1S/C20H25N3O7S2/c1-29-17-7-9-18(10-8-17)32(27,28)23(13-11-22(12-14-23)31(2,25)26)30-15-16-5-3-4-6-19(16)20(21)24/h3-10H,11-15H2,1-2H3,(H-,21,24)/p+1. The predicted molar refractivity (Wildman–Crippen MR) is 116 cm³/mol. The van der Waals surface area contributed by atoms with Crippen LogP contribution in [-0.2, 0) is 31.5 Å². The number of nitrogens with zero attached hydrogens (tertiary/aromatic N) is 2. The van der Waals surface area contributed by atoms with Gasteiger partial charge < -0.3 is 10.5 Å². The normalized spacial score (nSPS) is 17.1. The van der Waals surface area contributed by atoms with Crippen LogP contribution in [0.4, 0.5) is 0 Å². The Morgan fingerprint density at radius 3 is 2.16 bits per heavy atom. The molecule has 1 aliphatic heterocycles. The van der Waals surface area contributed by atoms with Crippen molar-refractivity contribution in [2.75, 3.05) is 39.5 Å². The van der Waals surface area contributed by atoms with E-state index in [0.29, 0.717) is 11.3 Å². The van der Waals surface area contributed by atoms with Gasteiger partial charge in [0.15, 0.2) is 0 Å². The molecule has 1 fully saturated rings. The third kappa shape index (κ3) is 4.79. The lowest BCUT2D eigenvalue weighted by molar-refractivity contribution is -1.01. The first-order valence-electron chi connectivity index (χ1n) is 9.74. The molecular formula is C20H26N3O7S2+. The van der Waals surface area contributed by atoms with Crippen LogP contribution in [0.25, 0.3) is 0 Å².